The van der Waals surface area contributed by atoms with E-state index in [4.69, 9.17) is 9.47 Å². The molecule has 0 saturated carbocycles. The second kappa shape index (κ2) is 15.0. The lowest BCUT2D eigenvalue weighted by atomic mass is 9.79. The predicted octanol–water partition coefficient (Wildman–Crippen LogP) is 4.22. The minimum Gasteiger partial charge on any atom is -0.393 e. The summed E-state index contributed by atoms with van der Waals surface area (Å²) in [7, 11) is 0. The molecule has 0 amide bonds. The Morgan fingerprint density at radius 2 is 1.51 bits per heavy atom. The highest BCUT2D eigenvalue weighted by atomic mass is 16.7. The summed E-state index contributed by atoms with van der Waals surface area (Å²) in [5.74, 6) is 0.454. The maximum atomic E-state index is 12.9. The topological polar surface area (TPSA) is 116 Å². The Balaban J connectivity index is 2.72. The van der Waals surface area contributed by atoms with Crippen molar-refractivity contribution in [3.63, 3.8) is 0 Å². The Bertz CT molecular complexity index is 605. The monoisotopic (exact) mass is 502 g/mol. The van der Waals surface area contributed by atoms with Gasteiger partial charge >= 0.3 is 0 Å². The Labute approximate surface area is 213 Å². The zero-order valence-electron chi connectivity index (χ0n) is 23.4. The lowest BCUT2D eigenvalue weighted by molar-refractivity contribution is -0.205. The van der Waals surface area contributed by atoms with E-state index in [0.717, 1.165) is 12.8 Å². The van der Waals surface area contributed by atoms with Gasteiger partial charge in [-0.25, -0.2) is 0 Å². The Morgan fingerprint density at radius 3 is 2.00 bits per heavy atom. The highest BCUT2D eigenvalue weighted by Gasteiger charge is 2.44. The van der Waals surface area contributed by atoms with Gasteiger partial charge in [0.05, 0.1) is 24.4 Å². The molecule has 1 heterocycles. The number of Topliss-reactive ketones (excluding diaryl/α,β-unsaturated/α-hetero) is 1. The number of carbonyl (C=O) groups excluding carboxylic acids is 1. The third-order valence-electron chi connectivity index (χ3n) is 7.64. The van der Waals surface area contributed by atoms with Gasteiger partial charge < -0.3 is 29.9 Å². The Morgan fingerprint density at radius 1 is 0.914 bits per heavy atom. The largest absolute Gasteiger partial charge is 0.393 e. The predicted molar refractivity (Wildman–Crippen MR) is 138 cm³/mol. The van der Waals surface area contributed by atoms with E-state index in [2.05, 4.69) is 34.6 Å². The summed E-state index contributed by atoms with van der Waals surface area (Å²) < 4.78 is 11.7. The van der Waals surface area contributed by atoms with E-state index in [-0.39, 0.29) is 35.9 Å². The fourth-order valence-electron chi connectivity index (χ4n) is 5.00. The molecule has 208 valence electrons. The lowest BCUT2D eigenvalue weighted by Crippen LogP contribution is -2.38. The van der Waals surface area contributed by atoms with Crippen molar-refractivity contribution in [2.45, 2.75) is 150 Å². The first-order valence-electron chi connectivity index (χ1n) is 13.8. The molecule has 0 bridgehead atoms. The molecule has 0 aromatic carbocycles. The SMILES string of the molecule is CCC(C)C(CC(=O)CC(O)CC(O[C@H]1O[C@@H](CC)[C@@H](O)C1O)C(C)CC)CC(O)CC(C)(C)C. The van der Waals surface area contributed by atoms with E-state index < -0.39 is 42.9 Å². The molecule has 7 heteroatoms. The second-order valence-electron chi connectivity index (χ2n) is 12.1. The van der Waals surface area contributed by atoms with E-state index in [1.165, 1.54) is 0 Å². The van der Waals surface area contributed by atoms with Crippen molar-refractivity contribution in [3.8, 4) is 0 Å². The first-order valence-corrected chi connectivity index (χ1v) is 13.8. The molecule has 1 fully saturated rings. The van der Waals surface area contributed by atoms with Crippen LogP contribution < -0.4 is 0 Å². The maximum Gasteiger partial charge on any atom is 0.186 e. The summed E-state index contributed by atoms with van der Waals surface area (Å²) in [5.41, 5.74) is 0.0222. The quantitative estimate of drug-likeness (QED) is 0.250. The van der Waals surface area contributed by atoms with Crippen molar-refractivity contribution >= 4 is 5.78 Å². The molecule has 1 aliphatic rings. The minimum absolute atomic E-state index is 0.00715. The van der Waals surface area contributed by atoms with Crippen molar-refractivity contribution in [1.29, 1.82) is 0 Å². The zero-order valence-corrected chi connectivity index (χ0v) is 23.4. The number of rotatable bonds is 16. The van der Waals surface area contributed by atoms with Gasteiger partial charge in [0.25, 0.3) is 0 Å². The van der Waals surface area contributed by atoms with Crippen LogP contribution in [0, 0.1) is 23.2 Å². The Kier molecular flexibility index (Phi) is 13.9. The van der Waals surface area contributed by atoms with Crippen LogP contribution in [-0.4, -0.2) is 69.1 Å². The van der Waals surface area contributed by atoms with Crippen LogP contribution in [0.5, 0.6) is 0 Å². The van der Waals surface area contributed by atoms with Gasteiger partial charge in [0.2, 0.25) is 0 Å². The molecule has 0 aliphatic carbocycles. The smallest absolute Gasteiger partial charge is 0.186 e. The Hall–Kier alpha value is -0.570. The number of aliphatic hydroxyl groups is 4. The molecule has 7 nitrogen and oxygen atoms in total. The number of ketones is 1. The fourth-order valence-corrected chi connectivity index (χ4v) is 5.00. The summed E-state index contributed by atoms with van der Waals surface area (Å²) in [6.45, 7) is 16.4. The number of aliphatic hydroxyl groups excluding tert-OH is 4. The van der Waals surface area contributed by atoms with E-state index in [0.29, 0.717) is 31.6 Å². The van der Waals surface area contributed by atoms with Crippen molar-refractivity contribution in [1.82, 2.24) is 0 Å². The molecular formula is C28H54O7. The maximum absolute atomic E-state index is 12.9. The van der Waals surface area contributed by atoms with Crippen molar-refractivity contribution in [2.75, 3.05) is 0 Å². The average Bonchev–Trinajstić information content (AvgIpc) is 3.03. The minimum atomic E-state index is -1.14. The molecule has 35 heavy (non-hydrogen) atoms. The molecule has 0 radical (unpaired) electrons. The van der Waals surface area contributed by atoms with Crippen molar-refractivity contribution < 1.29 is 34.7 Å². The van der Waals surface area contributed by atoms with Crippen LogP contribution in [0.25, 0.3) is 0 Å². The summed E-state index contributed by atoms with van der Waals surface area (Å²) in [5, 5.41) is 41.8. The lowest BCUT2D eigenvalue weighted by Gasteiger charge is -2.30. The molecule has 4 N–H and O–H groups in total. The summed E-state index contributed by atoms with van der Waals surface area (Å²) in [6.07, 6.45) is -1.10. The van der Waals surface area contributed by atoms with E-state index in [9.17, 15) is 25.2 Å². The van der Waals surface area contributed by atoms with Crippen molar-refractivity contribution in [2.24, 2.45) is 23.2 Å². The van der Waals surface area contributed by atoms with Crippen LogP contribution in [0.15, 0.2) is 0 Å². The molecule has 7 unspecified atom stereocenters. The van der Waals surface area contributed by atoms with Gasteiger partial charge in [-0.15, -0.1) is 0 Å². The van der Waals surface area contributed by atoms with Gasteiger partial charge in [-0.05, 0) is 42.4 Å². The zero-order chi connectivity index (χ0) is 26.9. The highest BCUT2D eigenvalue weighted by molar-refractivity contribution is 5.79. The molecule has 0 aromatic rings. The number of hydrogen-bond donors (Lipinski definition) is 4. The van der Waals surface area contributed by atoms with Gasteiger partial charge in [0, 0.05) is 19.3 Å². The van der Waals surface area contributed by atoms with Crippen LogP contribution in [0.3, 0.4) is 0 Å². The molecule has 0 spiro atoms. The van der Waals surface area contributed by atoms with Gasteiger partial charge in [-0.2, -0.15) is 0 Å². The highest BCUT2D eigenvalue weighted by Crippen LogP contribution is 2.31. The molecule has 1 aliphatic heterocycles. The number of ether oxygens (including phenoxy) is 2. The molecular weight excluding hydrogens is 448 g/mol. The van der Waals surface area contributed by atoms with Crippen LogP contribution in [0.1, 0.15) is 107 Å². The molecule has 1 rings (SSSR count). The molecule has 10 atom stereocenters. The third-order valence-corrected chi connectivity index (χ3v) is 7.64. The van der Waals surface area contributed by atoms with Crippen LogP contribution in [0.2, 0.25) is 0 Å². The van der Waals surface area contributed by atoms with E-state index >= 15 is 0 Å². The molecule has 0 aromatic heterocycles. The van der Waals surface area contributed by atoms with E-state index in [1.54, 1.807) is 0 Å². The van der Waals surface area contributed by atoms with Crippen LogP contribution >= 0.6 is 0 Å². The third kappa shape index (κ3) is 11.1. The normalized spacial score (nSPS) is 28.3. The number of hydrogen-bond acceptors (Lipinski definition) is 7. The van der Waals surface area contributed by atoms with Crippen LogP contribution in [-0.2, 0) is 14.3 Å². The van der Waals surface area contributed by atoms with Gasteiger partial charge in [-0.3, -0.25) is 4.79 Å². The van der Waals surface area contributed by atoms with Crippen LogP contribution in [0.4, 0.5) is 0 Å². The second-order valence-corrected chi connectivity index (χ2v) is 12.1. The first-order chi connectivity index (χ1) is 16.2. The fraction of sp³-hybridized carbons (Fsp3) is 0.964. The standard InChI is InChI=1S/C28H54O7/c1-9-17(4)19(13-22(31)16-28(6,7)8)12-20(29)14-21(30)15-24(18(5)10-2)35-27-26(33)25(32)23(11-3)34-27/h17-19,21-27,30-33H,9-16H2,1-8H3/t17?,18?,19?,21?,22?,23-,24?,25+,26?,27+/m0/s1. The van der Waals surface area contributed by atoms with Gasteiger partial charge in [0.1, 0.15) is 18.0 Å². The van der Waals surface area contributed by atoms with Gasteiger partial charge in [-0.1, -0.05) is 68.2 Å². The van der Waals surface area contributed by atoms with E-state index in [1.807, 2.05) is 20.8 Å². The van der Waals surface area contributed by atoms with Crippen molar-refractivity contribution in [3.05, 3.63) is 0 Å². The summed E-state index contributed by atoms with van der Waals surface area (Å²) in [4.78, 5) is 12.9. The molecule has 1 saturated heterocycles. The van der Waals surface area contributed by atoms with Gasteiger partial charge in [0.15, 0.2) is 6.29 Å². The first kappa shape index (κ1) is 32.5. The number of carbonyl (C=O) groups is 1. The summed E-state index contributed by atoms with van der Waals surface area (Å²) in [6, 6.07) is 0. The average molecular weight is 503 g/mol. The summed E-state index contributed by atoms with van der Waals surface area (Å²) >= 11 is 0.